The SMILES string of the molecule is CCOc1ccc(C(C)NC(=O)c2ccc3c(c2)nnn3CC)cc1. The van der Waals surface area contributed by atoms with E-state index in [1.165, 1.54) is 0 Å². The molecule has 1 amide bonds. The van der Waals surface area contributed by atoms with Crippen LogP contribution in [0.25, 0.3) is 11.0 Å². The Bertz CT molecular complexity index is 871. The van der Waals surface area contributed by atoms with E-state index in [0.717, 1.165) is 28.9 Å². The van der Waals surface area contributed by atoms with Crippen molar-refractivity contribution in [2.24, 2.45) is 0 Å². The molecule has 3 aromatic rings. The molecular weight excluding hydrogens is 316 g/mol. The summed E-state index contributed by atoms with van der Waals surface area (Å²) in [6.45, 7) is 7.30. The maximum Gasteiger partial charge on any atom is 0.251 e. The fraction of sp³-hybridized carbons (Fsp3) is 0.316. The molecule has 0 fully saturated rings. The van der Waals surface area contributed by atoms with E-state index in [-0.39, 0.29) is 11.9 Å². The Morgan fingerprint density at radius 2 is 1.96 bits per heavy atom. The van der Waals surface area contributed by atoms with Gasteiger partial charge in [-0.15, -0.1) is 5.10 Å². The lowest BCUT2D eigenvalue weighted by atomic mass is 10.1. The fourth-order valence-corrected chi connectivity index (χ4v) is 2.73. The second-order valence-corrected chi connectivity index (χ2v) is 5.81. The summed E-state index contributed by atoms with van der Waals surface area (Å²) in [7, 11) is 0. The molecule has 0 saturated carbocycles. The Labute approximate surface area is 146 Å². The van der Waals surface area contributed by atoms with Gasteiger partial charge in [0, 0.05) is 12.1 Å². The average Bonchev–Trinajstić information content (AvgIpc) is 3.04. The average molecular weight is 338 g/mol. The molecule has 0 radical (unpaired) electrons. The molecule has 6 heteroatoms. The zero-order chi connectivity index (χ0) is 17.8. The first-order chi connectivity index (χ1) is 12.1. The molecule has 1 heterocycles. The van der Waals surface area contributed by atoms with Crippen LogP contribution in [0.4, 0.5) is 0 Å². The van der Waals surface area contributed by atoms with Gasteiger partial charge in [-0.25, -0.2) is 4.68 Å². The van der Waals surface area contributed by atoms with Gasteiger partial charge in [-0.1, -0.05) is 17.3 Å². The topological polar surface area (TPSA) is 69.0 Å². The summed E-state index contributed by atoms with van der Waals surface area (Å²) in [6, 6.07) is 13.1. The van der Waals surface area contributed by atoms with Gasteiger partial charge in [0.15, 0.2) is 0 Å². The number of hydrogen-bond acceptors (Lipinski definition) is 4. The number of fused-ring (bicyclic) bond motifs is 1. The number of aromatic nitrogens is 3. The Morgan fingerprint density at radius 3 is 2.64 bits per heavy atom. The number of nitrogens with one attached hydrogen (secondary N) is 1. The maximum atomic E-state index is 12.5. The summed E-state index contributed by atoms with van der Waals surface area (Å²) in [5.41, 5.74) is 3.25. The fourth-order valence-electron chi connectivity index (χ4n) is 2.73. The monoisotopic (exact) mass is 338 g/mol. The first-order valence-corrected chi connectivity index (χ1v) is 8.49. The molecule has 0 bridgehead atoms. The normalized spacial score (nSPS) is 12.1. The minimum atomic E-state index is -0.130. The summed E-state index contributed by atoms with van der Waals surface area (Å²) in [5.74, 6) is 0.698. The molecule has 0 saturated heterocycles. The van der Waals surface area contributed by atoms with Gasteiger partial charge in [0.05, 0.1) is 18.2 Å². The predicted molar refractivity (Wildman–Crippen MR) is 96.7 cm³/mol. The third kappa shape index (κ3) is 3.63. The molecule has 0 spiro atoms. The molecule has 0 aliphatic heterocycles. The van der Waals surface area contributed by atoms with Crippen LogP contribution in [0.15, 0.2) is 42.5 Å². The minimum absolute atomic E-state index is 0.106. The van der Waals surface area contributed by atoms with Crippen LogP contribution in [0.1, 0.15) is 42.7 Å². The van der Waals surface area contributed by atoms with Gasteiger partial charge < -0.3 is 10.1 Å². The standard InChI is InChI=1S/C19H22N4O2/c1-4-23-18-11-8-15(12-17(18)21-22-23)19(24)20-13(3)14-6-9-16(10-7-14)25-5-2/h6-13H,4-5H2,1-3H3,(H,20,24). The van der Waals surface area contributed by atoms with Crippen LogP contribution in [0.2, 0.25) is 0 Å². The lowest BCUT2D eigenvalue weighted by Gasteiger charge is -2.15. The largest absolute Gasteiger partial charge is 0.494 e. The third-order valence-corrected chi connectivity index (χ3v) is 4.11. The smallest absolute Gasteiger partial charge is 0.251 e. The number of ether oxygens (including phenoxy) is 1. The second-order valence-electron chi connectivity index (χ2n) is 5.81. The highest BCUT2D eigenvalue weighted by Crippen LogP contribution is 2.19. The Morgan fingerprint density at radius 1 is 1.20 bits per heavy atom. The van der Waals surface area contributed by atoms with E-state index in [9.17, 15) is 4.79 Å². The molecule has 0 aliphatic carbocycles. The van der Waals surface area contributed by atoms with Gasteiger partial charge in [-0.2, -0.15) is 0 Å². The van der Waals surface area contributed by atoms with Crippen LogP contribution in [0.5, 0.6) is 5.75 Å². The van der Waals surface area contributed by atoms with Crippen molar-refractivity contribution in [3.8, 4) is 5.75 Å². The van der Waals surface area contributed by atoms with Crippen molar-refractivity contribution in [3.05, 3.63) is 53.6 Å². The van der Waals surface area contributed by atoms with Crippen molar-refractivity contribution in [3.63, 3.8) is 0 Å². The molecule has 3 rings (SSSR count). The predicted octanol–water partition coefficient (Wildman–Crippen LogP) is 3.34. The molecule has 130 valence electrons. The number of benzene rings is 2. The van der Waals surface area contributed by atoms with Gasteiger partial charge in [-0.3, -0.25) is 4.79 Å². The molecule has 1 unspecified atom stereocenters. The highest BCUT2D eigenvalue weighted by atomic mass is 16.5. The quantitative estimate of drug-likeness (QED) is 0.748. The lowest BCUT2D eigenvalue weighted by molar-refractivity contribution is 0.0940. The number of carbonyl (C=O) groups excluding carboxylic acids is 1. The van der Waals surface area contributed by atoms with Gasteiger partial charge in [0.2, 0.25) is 0 Å². The summed E-state index contributed by atoms with van der Waals surface area (Å²) in [5, 5.41) is 11.2. The molecule has 2 aromatic carbocycles. The number of amides is 1. The molecule has 0 aliphatic rings. The Kier molecular flexibility index (Phi) is 4.97. The molecule has 6 nitrogen and oxygen atoms in total. The van der Waals surface area contributed by atoms with Crippen LogP contribution in [0, 0.1) is 0 Å². The number of rotatable bonds is 6. The minimum Gasteiger partial charge on any atom is -0.494 e. The van der Waals surface area contributed by atoms with Crippen LogP contribution < -0.4 is 10.1 Å². The molecule has 25 heavy (non-hydrogen) atoms. The Hall–Kier alpha value is -2.89. The van der Waals surface area contributed by atoms with Crippen molar-refractivity contribution >= 4 is 16.9 Å². The number of hydrogen-bond donors (Lipinski definition) is 1. The third-order valence-electron chi connectivity index (χ3n) is 4.11. The first-order valence-electron chi connectivity index (χ1n) is 8.49. The summed E-state index contributed by atoms with van der Waals surface area (Å²) < 4.78 is 7.25. The summed E-state index contributed by atoms with van der Waals surface area (Å²) in [4.78, 5) is 12.5. The van der Waals surface area contributed by atoms with E-state index in [1.54, 1.807) is 16.8 Å². The van der Waals surface area contributed by atoms with Gasteiger partial charge in [0.25, 0.3) is 5.91 Å². The highest BCUT2D eigenvalue weighted by Gasteiger charge is 2.13. The van der Waals surface area contributed by atoms with Crippen molar-refractivity contribution < 1.29 is 9.53 Å². The van der Waals surface area contributed by atoms with E-state index in [4.69, 9.17) is 4.74 Å². The van der Waals surface area contributed by atoms with E-state index < -0.39 is 0 Å². The van der Waals surface area contributed by atoms with Gasteiger partial charge in [-0.05, 0) is 56.7 Å². The molecule has 1 atom stereocenters. The highest BCUT2D eigenvalue weighted by molar-refractivity contribution is 5.97. The van der Waals surface area contributed by atoms with Crippen molar-refractivity contribution in [1.82, 2.24) is 20.3 Å². The van der Waals surface area contributed by atoms with E-state index >= 15 is 0 Å². The van der Waals surface area contributed by atoms with Gasteiger partial charge >= 0.3 is 0 Å². The number of aryl methyl sites for hydroxylation is 1. The molecule has 1 N–H and O–H groups in total. The number of nitrogens with zero attached hydrogens (tertiary/aromatic N) is 3. The van der Waals surface area contributed by atoms with Crippen molar-refractivity contribution in [1.29, 1.82) is 0 Å². The van der Waals surface area contributed by atoms with Crippen LogP contribution >= 0.6 is 0 Å². The van der Waals surface area contributed by atoms with Crippen LogP contribution in [-0.4, -0.2) is 27.5 Å². The zero-order valence-electron chi connectivity index (χ0n) is 14.7. The number of carbonyl (C=O) groups is 1. The Balaban J connectivity index is 1.72. The van der Waals surface area contributed by atoms with E-state index in [2.05, 4.69) is 15.6 Å². The van der Waals surface area contributed by atoms with Crippen molar-refractivity contribution in [2.45, 2.75) is 33.4 Å². The van der Waals surface area contributed by atoms with Gasteiger partial charge in [0.1, 0.15) is 11.3 Å². The summed E-state index contributed by atoms with van der Waals surface area (Å²) in [6.07, 6.45) is 0. The summed E-state index contributed by atoms with van der Waals surface area (Å²) >= 11 is 0. The molecular formula is C19H22N4O2. The second kappa shape index (κ2) is 7.34. The molecule has 1 aromatic heterocycles. The zero-order valence-corrected chi connectivity index (χ0v) is 14.7. The lowest BCUT2D eigenvalue weighted by Crippen LogP contribution is -2.26. The van der Waals surface area contributed by atoms with Crippen LogP contribution in [0.3, 0.4) is 0 Å². The van der Waals surface area contributed by atoms with E-state index in [0.29, 0.717) is 12.2 Å². The van der Waals surface area contributed by atoms with Crippen LogP contribution in [-0.2, 0) is 6.54 Å². The first kappa shape index (κ1) is 17.0. The maximum absolute atomic E-state index is 12.5. The van der Waals surface area contributed by atoms with Crippen molar-refractivity contribution in [2.75, 3.05) is 6.61 Å². The van der Waals surface area contributed by atoms with E-state index in [1.807, 2.05) is 51.1 Å².